The van der Waals surface area contributed by atoms with E-state index in [9.17, 15) is 50.1 Å². The van der Waals surface area contributed by atoms with E-state index in [1.807, 2.05) is 27.7 Å². The van der Waals surface area contributed by atoms with Crippen LogP contribution in [0.1, 0.15) is 92.9 Å². The normalized spacial score (nSPS) is 46.5. The summed E-state index contributed by atoms with van der Waals surface area (Å²) in [4.78, 5) is 39.8. The number of hydrogen-bond acceptors (Lipinski definition) is 15. The van der Waals surface area contributed by atoms with E-state index in [4.69, 9.17) is 23.7 Å². The summed E-state index contributed by atoms with van der Waals surface area (Å²) in [6.07, 6.45) is -11.5. The van der Waals surface area contributed by atoms with Crippen molar-refractivity contribution in [3.05, 3.63) is 11.3 Å². The van der Waals surface area contributed by atoms with Gasteiger partial charge in [0.05, 0.1) is 19.8 Å². The van der Waals surface area contributed by atoms with Crippen LogP contribution in [0.15, 0.2) is 11.3 Å². The number of aliphatic hydroxyl groups excluding tert-OH is 7. The van der Waals surface area contributed by atoms with Crippen molar-refractivity contribution in [2.75, 3.05) is 13.7 Å². The zero-order chi connectivity index (χ0) is 41.2. The number of carbonyl (C=O) groups is 3. The molecule has 3 saturated carbocycles. The van der Waals surface area contributed by atoms with Crippen molar-refractivity contribution in [3.63, 3.8) is 0 Å². The van der Waals surface area contributed by atoms with Crippen molar-refractivity contribution in [1.82, 2.24) is 0 Å². The van der Waals surface area contributed by atoms with Crippen molar-refractivity contribution >= 4 is 17.5 Å². The third-order valence-electron chi connectivity index (χ3n) is 15.1. The van der Waals surface area contributed by atoms with Crippen molar-refractivity contribution in [2.45, 2.75) is 160 Å². The van der Waals surface area contributed by atoms with E-state index in [-0.39, 0.29) is 64.2 Å². The maximum atomic E-state index is 14.0. The zero-order valence-corrected chi connectivity index (χ0v) is 33.7. The summed E-state index contributed by atoms with van der Waals surface area (Å²) >= 11 is 0. The molecule has 0 amide bonds. The fourth-order valence-electron chi connectivity index (χ4n) is 11.6. The van der Waals surface area contributed by atoms with Crippen molar-refractivity contribution in [3.8, 4) is 0 Å². The Kier molecular flexibility index (Phi) is 12.9. The highest BCUT2D eigenvalue weighted by Gasteiger charge is 2.64. The van der Waals surface area contributed by atoms with Gasteiger partial charge in [0.25, 0.3) is 0 Å². The first-order chi connectivity index (χ1) is 26.3. The van der Waals surface area contributed by atoms with E-state index < -0.39 is 85.5 Å². The van der Waals surface area contributed by atoms with E-state index in [2.05, 4.69) is 13.8 Å². The van der Waals surface area contributed by atoms with Gasteiger partial charge in [0, 0.05) is 23.7 Å². The topological polar surface area (TPSA) is 239 Å². The number of Topliss-reactive ketones (excluding diaryl/α,β-unsaturated/α-hetero) is 2. The Labute approximate surface area is 328 Å². The van der Waals surface area contributed by atoms with Gasteiger partial charge in [-0.3, -0.25) is 9.59 Å². The molecule has 2 saturated heterocycles. The molecule has 318 valence electrons. The summed E-state index contributed by atoms with van der Waals surface area (Å²) in [6.45, 7) is 11.6. The summed E-state index contributed by atoms with van der Waals surface area (Å²) in [5.74, 6) is -1.21. The Morgan fingerprint density at radius 2 is 1.55 bits per heavy atom. The Hall–Kier alpha value is -2.05. The summed E-state index contributed by atoms with van der Waals surface area (Å²) in [5, 5.41) is 74.5. The third kappa shape index (κ3) is 7.41. The molecule has 7 N–H and O–H groups in total. The minimum Gasteiger partial charge on any atom is -0.504 e. The molecule has 0 aromatic carbocycles. The Morgan fingerprint density at radius 3 is 2.20 bits per heavy atom. The SMILES string of the molecule is COC(=O)[C@H]1O[C@@H](O[C@H]2CC[C@@]3(C)[C@@H](CC[C@H]4[C@H]5C(=O)C(O)=C([C@H](C)CC(=O)[C@H](C)C(C)C)[C@@]5(C)CC[C@@H]43)C2)[C@H](O[C@@H]2O[C@H](CO)[C@@H](O)[C@H](O)[C@H]2O)[C@@H](O)[C@@H]1O. The molecule has 0 unspecified atom stereocenters. The van der Waals surface area contributed by atoms with Gasteiger partial charge in [-0.1, -0.05) is 41.5 Å². The molecule has 0 aromatic rings. The number of methoxy groups -OCH3 is 1. The summed E-state index contributed by atoms with van der Waals surface area (Å²) in [7, 11) is 1.11. The molecule has 5 fully saturated rings. The molecule has 2 aliphatic heterocycles. The predicted molar refractivity (Wildman–Crippen MR) is 196 cm³/mol. The highest BCUT2D eigenvalue weighted by atomic mass is 16.8. The van der Waals surface area contributed by atoms with Gasteiger partial charge in [-0.15, -0.1) is 0 Å². The minimum absolute atomic E-state index is 0.0625. The Bertz CT molecular complexity index is 1500. The highest BCUT2D eigenvalue weighted by molar-refractivity contribution is 6.00. The molecule has 15 heteroatoms. The van der Waals surface area contributed by atoms with Crippen LogP contribution in [0.3, 0.4) is 0 Å². The highest BCUT2D eigenvalue weighted by Crippen LogP contribution is 2.67. The molecular weight excluding hydrogens is 732 g/mol. The van der Waals surface area contributed by atoms with Gasteiger partial charge in [0.2, 0.25) is 5.78 Å². The van der Waals surface area contributed by atoms with Gasteiger partial charge >= 0.3 is 5.97 Å². The van der Waals surface area contributed by atoms with E-state index in [0.717, 1.165) is 44.8 Å². The molecule has 6 aliphatic rings. The second kappa shape index (κ2) is 16.5. The largest absolute Gasteiger partial charge is 0.504 e. The van der Waals surface area contributed by atoms with Crippen LogP contribution in [0.4, 0.5) is 0 Å². The third-order valence-corrected chi connectivity index (χ3v) is 15.1. The minimum atomic E-state index is -1.82. The monoisotopic (exact) mass is 796 g/mol. The summed E-state index contributed by atoms with van der Waals surface area (Å²) < 4.78 is 28.6. The van der Waals surface area contributed by atoms with Gasteiger partial charge in [0.1, 0.15) is 48.5 Å². The molecule has 19 atom stereocenters. The average Bonchev–Trinajstić information content (AvgIpc) is 3.37. The first-order valence-electron chi connectivity index (χ1n) is 20.5. The number of fused-ring (bicyclic) bond motifs is 5. The van der Waals surface area contributed by atoms with E-state index >= 15 is 0 Å². The van der Waals surface area contributed by atoms with Crippen LogP contribution in [0.5, 0.6) is 0 Å². The van der Waals surface area contributed by atoms with Crippen LogP contribution in [0.25, 0.3) is 0 Å². The molecule has 0 spiro atoms. The molecular formula is C41H64O15. The lowest BCUT2D eigenvalue weighted by molar-refractivity contribution is -0.369. The van der Waals surface area contributed by atoms with Gasteiger partial charge in [-0.05, 0) is 85.5 Å². The van der Waals surface area contributed by atoms with Crippen molar-refractivity contribution in [2.24, 2.45) is 52.3 Å². The summed E-state index contributed by atoms with van der Waals surface area (Å²) in [6, 6.07) is 0. The Morgan fingerprint density at radius 1 is 0.857 bits per heavy atom. The first-order valence-corrected chi connectivity index (χ1v) is 20.5. The van der Waals surface area contributed by atoms with Crippen molar-refractivity contribution in [1.29, 1.82) is 0 Å². The fourth-order valence-corrected chi connectivity index (χ4v) is 11.6. The van der Waals surface area contributed by atoms with Crippen LogP contribution >= 0.6 is 0 Å². The van der Waals surface area contributed by atoms with E-state index in [1.54, 1.807) is 0 Å². The number of hydrogen-bond donors (Lipinski definition) is 7. The van der Waals surface area contributed by atoms with Crippen LogP contribution in [-0.4, -0.2) is 135 Å². The molecule has 0 radical (unpaired) electrons. The number of allylic oxidation sites excluding steroid dienone is 2. The smallest absolute Gasteiger partial charge is 0.337 e. The second-order valence-corrected chi connectivity index (χ2v) is 18.5. The molecule has 2 heterocycles. The van der Waals surface area contributed by atoms with Gasteiger partial charge in [-0.25, -0.2) is 4.79 Å². The number of ketones is 2. The lowest BCUT2D eigenvalue weighted by Gasteiger charge is -2.60. The molecule has 56 heavy (non-hydrogen) atoms. The fraction of sp³-hybridized carbons (Fsp3) is 0.878. The number of esters is 1. The zero-order valence-electron chi connectivity index (χ0n) is 33.7. The van der Waals surface area contributed by atoms with Crippen LogP contribution < -0.4 is 0 Å². The van der Waals surface area contributed by atoms with Gasteiger partial charge in [-0.2, -0.15) is 0 Å². The van der Waals surface area contributed by atoms with Crippen LogP contribution in [0.2, 0.25) is 0 Å². The second-order valence-electron chi connectivity index (χ2n) is 18.5. The lowest BCUT2D eigenvalue weighted by Crippen LogP contribution is -2.65. The maximum Gasteiger partial charge on any atom is 0.337 e. The maximum absolute atomic E-state index is 14.0. The molecule has 4 aliphatic carbocycles. The standard InChI is InChI=1S/C41H64O15/c1-17(2)19(4)24(43)14-18(3)26-29(45)30(46)27-22-9-8-20-15-21(10-12-40(20,5)23(22)11-13-41(26,27)6)53-39-36(33(49)32(48)35(55-39)37(51)52-7)56-38-34(50)31(47)28(44)25(16-42)54-38/h17-23,25,27-28,31-36,38-39,42,44-45,47-50H,8-16H2,1-7H3/t18-,19-,20+,21+,22-,23+,25-,27+,28-,31+,32+,33+,34-,35+,36-,38+,39-,40+,41-/m1/s1. The number of carbonyl (C=O) groups excluding carboxylic acids is 3. The van der Waals surface area contributed by atoms with E-state index in [1.165, 1.54) is 0 Å². The summed E-state index contributed by atoms with van der Waals surface area (Å²) in [5.41, 5.74) is 0.0637. The van der Waals surface area contributed by atoms with Crippen LogP contribution in [-0.2, 0) is 38.1 Å². The molecule has 0 bridgehead atoms. The lowest BCUT2D eigenvalue weighted by atomic mass is 9.44. The van der Waals surface area contributed by atoms with Crippen LogP contribution in [0, 0.1) is 52.3 Å². The molecule has 6 rings (SSSR count). The van der Waals surface area contributed by atoms with Gasteiger partial charge < -0.3 is 59.4 Å². The quantitative estimate of drug-likeness (QED) is 0.116. The number of rotatable bonds is 11. The van der Waals surface area contributed by atoms with Gasteiger partial charge in [0.15, 0.2) is 24.4 Å². The van der Waals surface area contributed by atoms with E-state index in [0.29, 0.717) is 19.3 Å². The molecule has 15 nitrogen and oxygen atoms in total. The Balaban J connectivity index is 1.17. The van der Waals surface area contributed by atoms with Crippen molar-refractivity contribution < 1.29 is 73.8 Å². The average molecular weight is 797 g/mol. The predicted octanol–water partition coefficient (Wildman–Crippen LogP) is 1.71. The molecule has 0 aromatic heterocycles. The first kappa shape index (κ1) is 43.5. The number of aliphatic hydroxyl groups is 7. The number of ether oxygens (including phenoxy) is 5.